The lowest BCUT2D eigenvalue weighted by Crippen LogP contribution is -2.53. The number of hydrogen-bond acceptors (Lipinski definition) is 3. The van der Waals surface area contributed by atoms with Gasteiger partial charge in [0, 0.05) is 12.2 Å². The van der Waals surface area contributed by atoms with E-state index >= 15 is 0 Å². The molecule has 0 spiro atoms. The van der Waals surface area contributed by atoms with Gasteiger partial charge in [-0.15, -0.1) is 0 Å². The number of aromatic nitrogens is 2. The SMILES string of the molecule is Cc1n[nH]c(C)c1C(=O)NC(C)(CN)C1CC1. The van der Waals surface area contributed by atoms with E-state index in [0.29, 0.717) is 18.0 Å². The van der Waals surface area contributed by atoms with Crippen molar-refractivity contribution in [2.75, 3.05) is 6.54 Å². The van der Waals surface area contributed by atoms with E-state index in [1.165, 1.54) is 0 Å². The molecule has 1 aliphatic carbocycles. The maximum absolute atomic E-state index is 12.2. The number of H-pyrrole nitrogens is 1. The van der Waals surface area contributed by atoms with Gasteiger partial charge in [-0.2, -0.15) is 5.10 Å². The summed E-state index contributed by atoms with van der Waals surface area (Å²) in [4.78, 5) is 12.2. The molecule has 1 aliphatic rings. The van der Waals surface area contributed by atoms with E-state index < -0.39 is 0 Å². The summed E-state index contributed by atoms with van der Waals surface area (Å²) in [6.45, 7) is 6.17. The van der Waals surface area contributed by atoms with Crippen molar-refractivity contribution in [1.82, 2.24) is 15.5 Å². The second kappa shape index (κ2) is 4.14. The van der Waals surface area contributed by atoms with Crippen LogP contribution in [0, 0.1) is 19.8 Å². The van der Waals surface area contributed by atoms with Crippen molar-refractivity contribution in [3.05, 3.63) is 17.0 Å². The van der Waals surface area contributed by atoms with E-state index in [9.17, 15) is 4.79 Å². The summed E-state index contributed by atoms with van der Waals surface area (Å²) < 4.78 is 0. The Hall–Kier alpha value is -1.36. The highest BCUT2D eigenvalue weighted by atomic mass is 16.1. The zero-order valence-corrected chi connectivity index (χ0v) is 10.6. The van der Waals surface area contributed by atoms with Crippen LogP contribution in [-0.2, 0) is 0 Å². The second-order valence-corrected chi connectivity index (χ2v) is 5.16. The molecule has 1 heterocycles. The fourth-order valence-corrected chi connectivity index (χ4v) is 2.25. The maximum Gasteiger partial charge on any atom is 0.255 e. The Morgan fingerprint density at radius 3 is 2.65 bits per heavy atom. The van der Waals surface area contributed by atoms with Crippen molar-refractivity contribution in [3.63, 3.8) is 0 Å². The lowest BCUT2D eigenvalue weighted by atomic mass is 9.95. The molecular formula is C12H20N4O. The molecule has 5 nitrogen and oxygen atoms in total. The van der Waals surface area contributed by atoms with Crippen LogP contribution in [0.15, 0.2) is 0 Å². The number of nitrogens with one attached hydrogen (secondary N) is 2. The lowest BCUT2D eigenvalue weighted by Gasteiger charge is -2.29. The third-order valence-corrected chi connectivity index (χ3v) is 3.66. The van der Waals surface area contributed by atoms with Crippen LogP contribution >= 0.6 is 0 Å². The van der Waals surface area contributed by atoms with Gasteiger partial charge in [0.05, 0.1) is 16.8 Å². The normalized spacial score (nSPS) is 18.8. The number of aryl methyl sites for hydroxylation is 2. The van der Waals surface area contributed by atoms with E-state index in [-0.39, 0.29) is 11.4 Å². The van der Waals surface area contributed by atoms with Crippen LogP contribution in [0.5, 0.6) is 0 Å². The van der Waals surface area contributed by atoms with Gasteiger partial charge in [0.1, 0.15) is 0 Å². The van der Waals surface area contributed by atoms with Crippen LogP contribution in [-0.4, -0.2) is 28.2 Å². The summed E-state index contributed by atoms with van der Waals surface area (Å²) in [7, 11) is 0. The van der Waals surface area contributed by atoms with Crippen molar-refractivity contribution in [1.29, 1.82) is 0 Å². The van der Waals surface area contributed by atoms with Crippen molar-refractivity contribution in [3.8, 4) is 0 Å². The van der Waals surface area contributed by atoms with Gasteiger partial charge in [-0.1, -0.05) is 0 Å². The summed E-state index contributed by atoms with van der Waals surface area (Å²) in [6.07, 6.45) is 2.30. The van der Waals surface area contributed by atoms with Gasteiger partial charge >= 0.3 is 0 Å². The Balaban J connectivity index is 2.16. The molecule has 0 aliphatic heterocycles. The van der Waals surface area contributed by atoms with Gasteiger partial charge in [0.2, 0.25) is 0 Å². The molecular weight excluding hydrogens is 216 g/mol. The number of carbonyl (C=O) groups is 1. The average Bonchev–Trinajstić information content (AvgIpc) is 3.06. The van der Waals surface area contributed by atoms with Crippen molar-refractivity contribution < 1.29 is 4.79 Å². The molecule has 0 saturated heterocycles. The molecule has 0 bridgehead atoms. The first-order valence-electron chi connectivity index (χ1n) is 6.02. The van der Waals surface area contributed by atoms with Gasteiger partial charge in [-0.05, 0) is 39.5 Å². The molecule has 17 heavy (non-hydrogen) atoms. The summed E-state index contributed by atoms with van der Waals surface area (Å²) in [5.41, 5.74) is 7.68. The van der Waals surface area contributed by atoms with E-state index in [0.717, 1.165) is 24.2 Å². The average molecular weight is 236 g/mol. The minimum Gasteiger partial charge on any atom is -0.345 e. The molecule has 1 amide bonds. The zero-order valence-electron chi connectivity index (χ0n) is 10.6. The number of rotatable bonds is 4. The second-order valence-electron chi connectivity index (χ2n) is 5.16. The monoisotopic (exact) mass is 236 g/mol. The first-order chi connectivity index (χ1) is 7.98. The quantitative estimate of drug-likeness (QED) is 0.725. The third kappa shape index (κ3) is 2.20. The highest BCUT2D eigenvalue weighted by Gasteiger charge is 2.42. The highest BCUT2D eigenvalue weighted by Crippen LogP contribution is 2.39. The Morgan fingerprint density at radius 2 is 2.24 bits per heavy atom. The van der Waals surface area contributed by atoms with Crippen LogP contribution in [0.4, 0.5) is 0 Å². The van der Waals surface area contributed by atoms with E-state index in [4.69, 9.17) is 5.73 Å². The first-order valence-corrected chi connectivity index (χ1v) is 6.02. The fraction of sp³-hybridized carbons (Fsp3) is 0.667. The maximum atomic E-state index is 12.2. The fourth-order valence-electron chi connectivity index (χ4n) is 2.25. The number of aromatic amines is 1. The Labute approximate surface area is 101 Å². The van der Waals surface area contributed by atoms with E-state index in [1.54, 1.807) is 0 Å². The minimum atomic E-state index is -0.284. The number of nitrogens with two attached hydrogens (primary N) is 1. The van der Waals surface area contributed by atoms with Gasteiger partial charge in [-0.3, -0.25) is 9.89 Å². The highest BCUT2D eigenvalue weighted by molar-refractivity contribution is 5.96. The summed E-state index contributed by atoms with van der Waals surface area (Å²) in [6, 6.07) is 0. The smallest absolute Gasteiger partial charge is 0.255 e. The van der Waals surface area contributed by atoms with Crippen molar-refractivity contribution >= 4 is 5.91 Å². The van der Waals surface area contributed by atoms with Gasteiger partial charge in [0.15, 0.2) is 0 Å². The molecule has 1 aromatic heterocycles. The summed E-state index contributed by atoms with van der Waals surface area (Å²) >= 11 is 0. The molecule has 5 heteroatoms. The van der Waals surface area contributed by atoms with Crippen molar-refractivity contribution in [2.45, 2.75) is 39.2 Å². The van der Waals surface area contributed by atoms with Crippen LogP contribution < -0.4 is 11.1 Å². The van der Waals surface area contributed by atoms with Gasteiger partial charge in [0.25, 0.3) is 5.91 Å². The molecule has 1 atom stereocenters. The number of amides is 1. The topological polar surface area (TPSA) is 83.8 Å². The van der Waals surface area contributed by atoms with E-state index in [1.807, 2.05) is 20.8 Å². The molecule has 1 fully saturated rings. The molecule has 1 unspecified atom stereocenters. The number of hydrogen-bond donors (Lipinski definition) is 3. The van der Waals surface area contributed by atoms with Gasteiger partial charge < -0.3 is 11.1 Å². The molecule has 1 aromatic rings. The van der Waals surface area contributed by atoms with Gasteiger partial charge in [-0.25, -0.2) is 0 Å². The number of nitrogens with zero attached hydrogens (tertiary/aromatic N) is 1. The Kier molecular flexibility index (Phi) is 2.95. The minimum absolute atomic E-state index is 0.0754. The summed E-state index contributed by atoms with van der Waals surface area (Å²) in [5.74, 6) is 0.442. The van der Waals surface area contributed by atoms with Crippen LogP contribution in [0.1, 0.15) is 41.5 Å². The van der Waals surface area contributed by atoms with Crippen LogP contribution in [0.3, 0.4) is 0 Å². The number of carbonyl (C=O) groups excluding carboxylic acids is 1. The Bertz CT molecular complexity index is 416. The standard InChI is InChI=1S/C12H20N4O/c1-7-10(8(2)16-15-7)11(17)14-12(3,6-13)9-4-5-9/h9H,4-6,13H2,1-3H3,(H,14,17)(H,15,16). The molecule has 2 rings (SSSR count). The van der Waals surface area contributed by atoms with Crippen LogP contribution in [0.2, 0.25) is 0 Å². The predicted molar refractivity (Wildman–Crippen MR) is 65.7 cm³/mol. The predicted octanol–water partition coefficient (Wildman–Crippen LogP) is 0.884. The third-order valence-electron chi connectivity index (χ3n) is 3.66. The molecule has 0 aromatic carbocycles. The lowest BCUT2D eigenvalue weighted by molar-refractivity contribution is 0.0896. The molecule has 94 valence electrons. The zero-order chi connectivity index (χ0) is 12.6. The molecule has 1 saturated carbocycles. The largest absolute Gasteiger partial charge is 0.345 e. The van der Waals surface area contributed by atoms with E-state index in [2.05, 4.69) is 15.5 Å². The first kappa shape index (κ1) is 12.1. The molecule has 0 radical (unpaired) electrons. The Morgan fingerprint density at radius 1 is 1.59 bits per heavy atom. The molecule has 4 N–H and O–H groups in total. The van der Waals surface area contributed by atoms with Crippen molar-refractivity contribution in [2.24, 2.45) is 11.7 Å². The summed E-state index contributed by atoms with van der Waals surface area (Å²) in [5, 5.41) is 9.93. The van der Waals surface area contributed by atoms with Crippen LogP contribution in [0.25, 0.3) is 0 Å².